The fraction of sp³-hybridized carbons (Fsp3) is 0.417. The predicted octanol–water partition coefficient (Wildman–Crippen LogP) is 1.61. The summed E-state index contributed by atoms with van der Waals surface area (Å²) in [5.41, 5.74) is 1.14. The molecule has 0 amide bonds. The lowest BCUT2D eigenvalue weighted by molar-refractivity contribution is 0.680. The minimum atomic E-state index is 0.717. The molecule has 6 heteroatoms. The number of rotatable bonds is 5. The van der Waals surface area contributed by atoms with E-state index in [2.05, 4.69) is 20.4 Å². The molecule has 0 spiro atoms. The van der Waals surface area contributed by atoms with E-state index < -0.39 is 0 Å². The lowest BCUT2D eigenvalue weighted by Crippen LogP contribution is -2.15. The summed E-state index contributed by atoms with van der Waals surface area (Å²) in [5.74, 6) is 0. The van der Waals surface area contributed by atoms with Crippen molar-refractivity contribution in [1.29, 1.82) is 0 Å². The SMILES string of the molecule is Cn1cc(Sc2ncc(CNC3CC3)cn2)cn1. The largest absolute Gasteiger partial charge is 0.310 e. The van der Waals surface area contributed by atoms with Gasteiger partial charge in [-0.15, -0.1) is 0 Å². The molecule has 1 fully saturated rings. The van der Waals surface area contributed by atoms with E-state index in [-0.39, 0.29) is 0 Å². The molecular formula is C12H15N5S. The summed E-state index contributed by atoms with van der Waals surface area (Å²) >= 11 is 1.53. The average Bonchev–Trinajstić information content (AvgIpc) is 3.12. The second-order valence-corrected chi connectivity index (χ2v) is 5.52. The quantitative estimate of drug-likeness (QED) is 0.829. The standard InChI is InChI=1S/C12H15N5S/c1-17-8-11(7-16-17)18-12-14-5-9(6-15-12)4-13-10-2-3-10/h5-8,10,13H,2-4H2,1H3. The first-order valence-corrected chi connectivity index (χ1v) is 6.82. The Morgan fingerprint density at radius 2 is 2.11 bits per heavy atom. The third kappa shape index (κ3) is 3.08. The highest BCUT2D eigenvalue weighted by Crippen LogP contribution is 2.23. The van der Waals surface area contributed by atoms with Crippen molar-refractivity contribution in [2.24, 2.45) is 7.05 Å². The van der Waals surface area contributed by atoms with Crippen molar-refractivity contribution in [3.63, 3.8) is 0 Å². The fourth-order valence-electron chi connectivity index (χ4n) is 1.59. The molecule has 2 heterocycles. The van der Waals surface area contributed by atoms with Gasteiger partial charge in [-0.3, -0.25) is 4.68 Å². The van der Waals surface area contributed by atoms with Crippen molar-refractivity contribution in [1.82, 2.24) is 25.1 Å². The molecule has 1 aliphatic carbocycles. The maximum absolute atomic E-state index is 4.36. The molecule has 5 nitrogen and oxygen atoms in total. The van der Waals surface area contributed by atoms with Gasteiger partial charge in [-0.05, 0) is 24.6 Å². The zero-order valence-electron chi connectivity index (χ0n) is 10.2. The van der Waals surface area contributed by atoms with E-state index in [1.807, 2.05) is 31.8 Å². The third-order valence-electron chi connectivity index (χ3n) is 2.74. The predicted molar refractivity (Wildman–Crippen MR) is 69.2 cm³/mol. The summed E-state index contributed by atoms with van der Waals surface area (Å²) in [7, 11) is 1.90. The van der Waals surface area contributed by atoms with E-state index in [9.17, 15) is 0 Å². The normalized spacial score (nSPS) is 14.9. The van der Waals surface area contributed by atoms with Gasteiger partial charge in [0.25, 0.3) is 0 Å². The smallest absolute Gasteiger partial charge is 0.192 e. The van der Waals surface area contributed by atoms with E-state index in [1.165, 1.54) is 24.6 Å². The molecule has 0 unspecified atom stereocenters. The summed E-state index contributed by atoms with van der Waals surface area (Å²) in [6, 6.07) is 0.717. The van der Waals surface area contributed by atoms with Gasteiger partial charge in [0, 0.05) is 43.8 Å². The Hall–Kier alpha value is -1.40. The van der Waals surface area contributed by atoms with Crippen LogP contribution in [0.25, 0.3) is 0 Å². The van der Waals surface area contributed by atoms with Gasteiger partial charge >= 0.3 is 0 Å². The molecule has 3 rings (SSSR count). The maximum atomic E-state index is 4.36. The third-order valence-corrected chi connectivity index (χ3v) is 3.58. The number of nitrogens with zero attached hydrogens (tertiary/aromatic N) is 4. The summed E-state index contributed by atoms with van der Waals surface area (Å²) in [5, 5.41) is 8.32. The molecule has 1 N–H and O–H groups in total. The second kappa shape index (κ2) is 5.07. The highest BCUT2D eigenvalue weighted by Gasteiger charge is 2.19. The topological polar surface area (TPSA) is 55.6 Å². The van der Waals surface area contributed by atoms with Crippen LogP contribution in [0.5, 0.6) is 0 Å². The summed E-state index contributed by atoms with van der Waals surface area (Å²) < 4.78 is 1.77. The van der Waals surface area contributed by atoms with E-state index in [0.717, 1.165) is 28.2 Å². The molecule has 0 radical (unpaired) electrons. The lowest BCUT2D eigenvalue weighted by Gasteiger charge is -2.02. The van der Waals surface area contributed by atoms with Crippen molar-refractivity contribution in [3.05, 3.63) is 30.4 Å². The van der Waals surface area contributed by atoms with Crippen LogP contribution < -0.4 is 5.32 Å². The Kier molecular flexibility index (Phi) is 3.29. The van der Waals surface area contributed by atoms with Crippen molar-refractivity contribution >= 4 is 11.8 Å². The van der Waals surface area contributed by atoms with Gasteiger partial charge in [0.05, 0.1) is 11.1 Å². The number of aryl methyl sites for hydroxylation is 1. The fourth-order valence-corrected chi connectivity index (χ4v) is 2.32. The minimum absolute atomic E-state index is 0.717. The summed E-state index contributed by atoms with van der Waals surface area (Å²) in [4.78, 5) is 9.77. The van der Waals surface area contributed by atoms with E-state index in [4.69, 9.17) is 0 Å². The van der Waals surface area contributed by atoms with Crippen molar-refractivity contribution < 1.29 is 0 Å². The zero-order chi connectivity index (χ0) is 12.4. The van der Waals surface area contributed by atoms with Gasteiger partial charge in [-0.25, -0.2) is 9.97 Å². The molecule has 94 valence electrons. The Morgan fingerprint density at radius 1 is 1.33 bits per heavy atom. The number of nitrogens with one attached hydrogen (secondary N) is 1. The first kappa shape index (κ1) is 11.7. The maximum Gasteiger partial charge on any atom is 0.192 e. The Bertz CT molecular complexity index is 518. The van der Waals surface area contributed by atoms with Crippen molar-refractivity contribution in [2.45, 2.75) is 35.5 Å². The Morgan fingerprint density at radius 3 is 2.72 bits per heavy atom. The zero-order valence-corrected chi connectivity index (χ0v) is 11.0. The highest BCUT2D eigenvalue weighted by atomic mass is 32.2. The number of hydrogen-bond donors (Lipinski definition) is 1. The molecule has 0 bridgehead atoms. The molecule has 1 saturated carbocycles. The molecule has 2 aromatic heterocycles. The molecular weight excluding hydrogens is 246 g/mol. The van der Waals surface area contributed by atoms with Crippen LogP contribution in [-0.2, 0) is 13.6 Å². The van der Waals surface area contributed by atoms with Gasteiger partial charge in [0.1, 0.15) is 0 Å². The van der Waals surface area contributed by atoms with Gasteiger partial charge in [-0.1, -0.05) is 0 Å². The van der Waals surface area contributed by atoms with E-state index in [1.54, 1.807) is 4.68 Å². The van der Waals surface area contributed by atoms with Crippen LogP contribution in [-0.4, -0.2) is 25.8 Å². The molecule has 2 aromatic rings. The minimum Gasteiger partial charge on any atom is -0.310 e. The van der Waals surface area contributed by atoms with E-state index >= 15 is 0 Å². The number of hydrogen-bond acceptors (Lipinski definition) is 5. The highest BCUT2D eigenvalue weighted by molar-refractivity contribution is 7.99. The van der Waals surface area contributed by atoms with Gasteiger partial charge in [-0.2, -0.15) is 5.10 Å². The van der Waals surface area contributed by atoms with Crippen LogP contribution in [0, 0.1) is 0 Å². The van der Waals surface area contributed by atoms with Crippen LogP contribution in [0.15, 0.2) is 34.8 Å². The van der Waals surface area contributed by atoms with Crippen molar-refractivity contribution in [3.8, 4) is 0 Å². The first-order valence-electron chi connectivity index (χ1n) is 6.00. The lowest BCUT2D eigenvalue weighted by atomic mass is 10.3. The van der Waals surface area contributed by atoms with Crippen molar-refractivity contribution in [2.75, 3.05) is 0 Å². The second-order valence-electron chi connectivity index (χ2n) is 4.48. The molecule has 0 aromatic carbocycles. The van der Waals surface area contributed by atoms with Crippen LogP contribution >= 0.6 is 11.8 Å². The summed E-state index contributed by atoms with van der Waals surface area (Å²) in [6.07, 6.45) is 10.2. The van der Waals surface area contributed by atoms with Crippen LogP contribution in [0.3, 0.4) is 0 Å². The van der Waals surface area contributed by atoms with Gasteiger partial charge in [0.2, 0.25) is 0 Å². The molecule has 0 aliphatic heterocycles. The molecule has 0 saturated heterocycles. The molecule has 1 aliphatic rings. The van der Waals surface area contributed by atoms with Crippen LogP contribution in [0.4, 0.5) is 0 Å². The van der Waals surface area contributed by atoms with E-state index in [0.29, 0.717) is 0 Å². The van der Waals surface area contributed by atoms with Gasteiger partial charge in [0.15, 0.2) is 5.16 Å². The van der Waals surface area contributed by atoms with Crippen LogP contribution in [0.2, 0.25) is 0 Å². The van der Waals surface area contributed by atoms with Crippen LogP contribution in [0.1, 0.15) is 18.4 Å². The average molecular weight is 261 g/mol. The Balaban J connectivity index is 1.59. The number of aromatic nitrogens is 4. The molecule has 18 heavy (non-hydrogen) atoms. The summed E-state index contributed by atoms with van der Waals surface area (Å²) in [6.45, 7) is 0.864. The monoisotopic (exact) mass is 261 g/mol. The molecule has 0 atom stereocenters. The Labute approximate surface area is 110 Å². The first-order chi connectivity index (χ1) is 8.79. The van der Waals surface area contributed by atoms with Gasteiger partial charge < -0.3 is 5.32 Å².